The third-order valence-corrected chi connectivity index (χ3v) is 4.24. The summed E-state index contributed by atoms with van der Waals surface area (Å²) in [5.41, 5.74) is 1.33. The fraction of sp³-hybridized carbons (Fsp3) is 0.130. The lowest BCUT2D eigenvalue weighted by atomic mass is 9.99. The molecule has 5 heteroatoms. The van der Waals surface area contributed by atoms with Crippen molar-refractivity contribution in [1.82, 2.24) is 0 Å². The molecular formula is C23H20O5. The minimum Gasteiger partial charge on any atom is -0.493 e. The van der Waals surface area contributed by atoms with Gasteiger partial charge in [0.2, 0.25) is 5.78 Å². The molecule has 0 aliphatic carbocycles. The van der Waals surface area contributed by atoms with Gasteiger partial charge in [-0.05, 0) is 18.2 Å². The second-order valence-corrected chi connectivity index (χ2v) is 6.00. The summed E-state index contributed by atoms with van der Waals surface area (Å²) in [6.07, 6.45) is -1.05. The molecule has 0 N–H and O–H groups in total. The fourth-order valence-electron chi connectivity index (χ4n) is 2.79. The first-order chi connectivity index (χ1) is 13.6. The summed E-state index contributed by atoms with van der Waals surface area (Å²) >= 11 is 0. The Labute approximate surface area is 163 Å². The van der Waals surface area contributed by atoms with Crippen LogP contribution in [0.15, 0.2) is 78.9 Å². The monoisotopic (exact) mass is 376 g/mol. The highest BCUT2D eigenvalue weighted by atomic mass is 16.5. The van der Waals surface area contributed by atoms with E-state index in [1.807, 2.05) is 12.1 Å². The van der Waals surface area contributed by atoms with Crippen LogP contribution < -0.4 is 9.47 Å². The lowest BCUT2D eigenvalue weighted by Crippen LogP contribution is -2.20. The van der Waals surface area contributed by atoms with Crippen LogP contribution in [0.3, 0.4) is 0 Å². The van der Waals surface area contributed by atoms with Crippen LogP contribution in [0.25, 0.3) is 0 Å². The molecule has 3 rings (SSSR count). The summed E-state index contributed by atoms with van der Waals surface area (Å²) in [4.78, 5) is 25.8. The summed E-state index contributed by atoms with van der Waals surface area (Å²) in [6, 6.07) is 22.4. The molecule has 0 saturated heterocycles. The molecule has 0 heterocycles. The van der Waals surface area contributed by atoms with Crippen LogP contribution in [0, 0.1) is 0 Å². The van der Waals surface area contributed by atoms with E-state index in [1.165, 1.54) is 20.3 Å². The molecule has 1 atom stereocenters. The number of hydrogen-bond acceptors (Lipinski definition) is 5. The second-order valence-electron chi connectivity index (χ2n) is 6.00. The number of Topliss-reactive ketones (excluding diaryl/α,β-unsaturated/α-hetero) is 1. The Bertz CT molecular complexity index is 951. The minimum absolute atomic E-state index is 0.263. The van der Waals surface area contributed by atoms with E-state index in [0.29, 0.717) is 22.6 Å². The number of esters is 1. The molecule has 5 nitrogen and oxygen atoms in total. The van der Waals surface area contributed by atoms with Gasteiger partial charge in [-0.2, -0.15) is 0 Å². The molecule has 3 aromatic carbocycles. The lowest BCUT2D eigenvalue weighted by Gasteiger charge is -2.18. The quantitative estimate of drug-likeness (QED) is 0.449. The SMILES string of the molecule is COc1ccc(C(=O)O[C@H](C(=O)c2ccccc2)c2ccccc2)cc1OC. The van der Waals surface area contributed by atoms with Crippen LogP contribution in [-0.2, 0) is 4.74 Å². The summed E-state index contributed by atoms with van der Waals surface area (Å²) in [5, 5.41) is 0. The van der Waals surface area contributed by atoms with Gasteiger partial charge < -0.3 is 14.2 Å². The molecule has 3 aromatic rings. The zero-order chi connectivity index (χ0) is 19.9. The molecular weight excluding hydrogens is 356 g/mol. The van der Waals surface area contributed by atoms with Crippen molar-refractivity contribution in [1.29, 1.82) is 0 Å². The molecule has 0 saturated carbocycles. The van der Waals surface area contributed by atoms with Gasteiger partial charge in [-0.25, -0.2) is 4.79 Å². The van der Waals surface area contributed by atoms with Gasteiger partial charge in [-0.3, -0.25) is 4.79 Å². The van der Waals surface area contributed by atoms with E-state index in [4.69, 9.17) is 14.2 Å². The van der Waals surface area contributed by atoms with Gasteiger partial charge in [0.25, 0.3) is 0 Å². The minimum atomic E-state index is -1.05. The van der Waals surface area contributed by atoms with Gasteiger partial charge in [0.1, 0.15) is 0 Å². The van der Waals surface area contributed by atoms with Gasteiger partial charge in [0, 0.05) is 11.1 Å². The number of ether oxygens (including phenoxy) is 3. The normalized spacial score (nSPS) is 11.4. The summed E-state index contributed by atoms with van der Waals surface area (Å²) in [6.45, 7) is 0. The van der Waals surface area contributed by atoms with Crippen molar-refractivity contribution < 1.29 is 23.8 Å². The van der Waals surface area contributed by atoms with E-state index < -0.39 is 12.1 Å². The first-order valence-electron chi connectivity index (χ1n) is 8.71. The van der Waals surface area contributed by atoms with Crippen molar-refractivity contribution >= 4 is 11.8 Å². The molecule has 28 heavy (non-hydrogen) atoms. The predicted molar refractivity (Wildman–Crippen MR) is 105 cm³/mol. The molecule has 0 aromatic heterocycles. The highest BCUT2D eigenvalue weighted by Crippen LogP contribution is 2.29. The van der Waals surface area contributed by atoms with Crippen molar-refractivity contribution in [3.63, 3.8) is 0 Å². The zero-order valence-electron chi connectivity index (χ0n) is 15.6. The van der Waals surface area contributed by atoms with E-state index in [2.05, 4.69) is 0 Å². The molecule has 0 unspecified atom stereocenters. The Hall–Kier alpha value is -3.60. The molecule has 0 radical (unpaired) electrons. The van der Waals surface area contributed by atoms with E-state index in [0.717, 1.165) is 0 Å². The summed E-state index contributed by atoms with van der Waals surface area (Å²) in [5.74, 6) is -0.0127. The highest BCUT2D eigenvalue weighted by molar-refractivity contribution is 6.02. The molecule has 0 fully saturated rings. The molecule has 0 aliphatic rings. The first kappa shape index (κ1) is 19.2. The number of hydrogen-bond donors (Lipinski definition) is 0. The van der Waals surface area contributed by atoms with Gasteiger partial charge in [-0.15, -0.1) is 0 Å². The van der Waals surface area contributed by atoms with Gasteiger partial charge in [0.05, 0.1) is 19.8 Å². The fourth-order valence-corrected chi connectivity index (χ4v) is 2.79. The van der Waals surface area contributed by atoms with Gasteiger partial charge >= 0.3 is 5.97 Å². The summed E-state index contributed by atoms with van der Waals surface area (Å²) in [7, 11) is 3.00. The maximum absolute atomic E-state index is 13.0. The Morgan fingerprint density at radius 2 is 1.32 bits per heavy atom. The molecule has 0 spiro atoms. The Kier molecular flexibility index (Phi) is 6.07. The van der Waals surface area contributed by atoms with Crippen LogP contribution in [0.2, 0.25) is 0 Å². The molecule has 0 bridgehead atoms. The number of benzene rings is 3. The number of carbonyl (C=O) groups is 2. The number of carbonyl (C=O) groups excluding carboxylic acids is 2. The lowest BCUT2D eigenvalue weighted by molar-refractivity contribution is 0.0279. The van der Waals surface area contributed by atoms with Crippen molar-refractivity contribution in [2.24, 2.45) is 0 Å². The number of rotatable bonds is 7. The maximum Gasteiger partial charge on any atom is 0.339 e. The predicted octanol–water partition coefficient (Wildman–Crippen LogP) is 4.48. The smallest absolute Gasteiger partial charge is 0.339 e. The van der Waals surface area contributed by atoms with Crippen molar-refractivity contribution in [3.8, 4) is 11.5 Å². The van der Waals surface area contributed by atoms with Crippen molar-refractivity contribution in [3.05, 3.63) is 95.6 Å². The molecule has 0 amide bonds. The van der Waals surface area contributed by atoms with Gasteiger partial charge in [0.15, 0.2) is 17.6 Å². The van der Waals surface area contributed by atoms with Crippen molar-refractivity contribution in [2.45, 2.75) is 6.10 Å². The third-order valence-electron chi connectivity index (χ3n) is 4.24. The van der Waals surface area contributed by atoms with Crippen LogP contribution in [0.4, 0.5) is 0 Å². The molecule has 142 valence electrons. The average Bonchev–Trinajstić information content (AvgIpc) is 2.77. The topological polar surface area (TPSA) is 61.8 Å². The van der Waals surface area contributed by atoms with Crippen LogP contribution in [0.1, 0.15) is 32.4 Å². The zero-order valence-corrected chi connectivity index (χ0v) is 15.6. The van der Waals surface area contributed by atoms with E-state index >= 15 is 0 Å². The van der Waals surface area contributed by atoms with Crippen molar-refractivity contribution in [2.75, 3.05) is 14.2 Å². The van der Waals surface area contributed by atoms with E-state index in [-0.39, 0.29) is 11.3 Å². The van der Waals surface area contributed by atoms with E-state index in [1.54, 1.807) is 60.7 Å². The Balaban J connectivity index is 1.91. The summed E-state index contributed by atoms with van der Waals surface area (Å²) < 4.78 is 16.0. The maximum atomic E-state index is 13.0. The van der Waals surface area contributed by atoms with Crippen LogP contribution >= 0.6 is 0 Å². The van der Waals surface area contributed by atoms with Crippen LogP contribution in [-0.4, -0.2) is 26.0 Å². The average molecular weight is 376 g/mol. The third kappa shape index (κ3) is 4.20. The van der Waals surface area contributed by atoms with Crippen LogP contribution in [0.5, 0.6) is 11.5 Å². The van der Waals surface area contributed by atoms with Gasteiger partial charge in [-0.1, -0.05) is 60.7 Å². The second kappa shape index (κ2) is 8.86. The number of methoxy groups -OCH3 is 2. The first-order valence-corrected chi connectivity index (χ1v) is 8.71. The Morgan fingerprint density at radius 1 is 0.714 bits per heavy atom. The molecule has 0 aliphatic heterocycles. The standard InChI is InChI=1S/C23H20O5/c1-26-19-14-13-18(15-20(19)27-2)23(25)28-22(17-11-7-4-8-12-17)21(24)16-9-5-3-6-10-16/h3-15,22H,1-2H3/t22-/m0/s1. The van der Waals surface area contributed by atoms with E-state index in [9.17, 15) is 9.59 Å². The highest BCUT2D eigenvalue weighted by Gasteiger charge is 2.27. The largest absolute Gasteiger partial charge is 0.493 e. The number of ketones is 1. The Morgan fingerprint density at radius 3 is 1.93 bits per heavy atom.